The van der Waals surface area contributed by atoms with Crippen LogP contribution in [0.3, 0.4) is 0 Å². The third kappa shape index (κ3) is 3.77. The third-order valence-electron chi connectivity index (χ3n) is 2.58. The molecular weight excluding hydrogens is 264 g/mol. The second-order valence-corrected chi connectivity index (χ2v) is 4.00. The minimum absolute atomic E-state index is 0.00531. The summed E-state index contributed by atoms with van der Waals surface area (Å²) in [5.41, 5.74) is -0.221. The molecule has 1 aromatic rings. The molecule has 0 radical (unpaired) electrons. The van der Waals surface area contributed by atoms with Crippen molar-refractivity contribution in [1.29, 1.82) is 0 Å². The van der Waals surface area contributed by atoms with Crippen molar-refractivity contribution in [3.05, 3.63) is 16.3 Å². The Morgan fingerprint density at radius 2 is 2.20 bits per heavy atom. The average Bonchev–Trinajstić information content (AvgIpc) is 2.45. The van der Waals surface area contributed by atoms with Crippen LogP contribution in [-0.4, -0.2) is 48.0 Å². The van der Waals surface area contributed by atoms with Crippen LogP contribution in [0.5, 0.6) is 0 Å². The van der Waals surface area contributed by atoms with Gasteiger partial charge >= 0.3 is 5.69 Å². The average molecular weight is 282 g/mol. The molecule has 0 aliphatic heterocycles. The SMILES string of the molecule is CCCN(CC(=O)NC)c1nc(NC)ncc1[N+](=O)[O-]. The van der Waals surface area contributed by atoms with Gasteiger partial charge in [0.25, 0.3) is 0 Å². The number of hydrogen-bond acceptors (Lipinski definition) is 7. The van der Waals surface area contributed by atoms with E-state index in [9.17, 15) is 14.9 Å². The molecule has 1 aromatic heterocycles. The summed E-state index contributed by atoms with van der Waals surface area (Å²) in [4.78, 5) is 31.5. The fourth-order valence-electron chi connectivity index (χ4n) is 1.63. The van der Waals surface area contributed by atoms with Crippen molar-refractivity contribution in [2.45, 2.75) is 13.3 Å². The first-order valence-corrected chi connectivity index (χ1v) is 6.18. The Balaban J connectivity index is 3.21. The molecule has 0 bridgehead atoms. The molecule has 0 saturated carbocycles. The molecule has 0 atom stereocenters. The van der Waals surface area contributed by atoms with Crippen LogP contribution in [-0.2, 0) is 4.79 Å². The zero-order chi connectivity index (χ0) is 15.1. The maximum absolute atomic E-state index is 11.5. The van der Waals surface area contributed by atoms with Crippen LogP contribution in [0.1, 0.15) is 13.3 Å². The highest BCUT2D eigenvalue weighted by atomic mass is 16.6. The van der Waals surface area contributed by atoms with Crippen LogP contribution in [0.2, 0.25) is 0 Å². The molecule has 0 aliphatic rings. The van der Waals surface area contributed by atoms with Crippen molar-refractivity contribution in [1.82, 2.24) is 15.3 Å². The van der Waals surface area contributed by atoms with Gasteiger partial charge in [-0.3, -0.25) is 14.9 Å². The predicted octanol–water partition coefficient (Wildman–Crippen LogP) is 0.389. The maximum atomic E-state index is 11.5. The first-order chi connectivity index (χ1) is 9.53. The monoisotopic (exact) mass is 282 g/mol. The third-order valence-corrected chi connectivity index (χ3v) is 2.58. The minimum Gasteiger partial charge on any atom is -0.358 e. The summed E-state index contributed by atoms with van der Waals surface area (Å²) in [6, 6.07) is 0. The molecule has 20 heavy (non-hydrogen) atoms. The van der Waals surface area contributed by atoms with Gasteiger partial charge in [-0.25, -0.2) is 4.98 Å². The Morgan fingerprint density at radius 1 is 1.50 bits per heavy atom. The summed E-state index contributed by atoms with van der Waals surface area (Å²) in [6.07, 6.45) is 1.87. The molecule has 1 rings (SSSR count). The molecule has 9 heteroatoms. The van der Waals surface area contributed by atoms with Crippen molar-refractivity contribution in [2.75, 3.05) is 37.4 Å². The van der Waals surface area contributed by atoms with Gasteiger partial charge in [-0.2, -0.15) is 4.98 Å². The second kappa shape index (κ2) is 7.22. The summed E-state index contributed by atoms with van der Waals surface area (Å²) in [6.45, 7) is 2.41. The first-order valence-electron chi connectivity index (χ1n) is 6.18. The van der Waals surface area contributed by atoms with E-state index in [1.165, 1.54) is 7.05 Å². The van der Waals surface area contributed by atoms with Crippen LogP contribution >= 0.6 is 0 Å². The molecule has 0 spiro atoms. The fourth-order valence-corrected chi connectivity index (χ4v) is 1.63. The van der Waals surface area contributed by atoms with E-state index in [1.54, 1.807) is 11.9 Å². The van der Waals surface area contributed by atoms with Gasteiger partial charge in [0.15, 0.2) is 0 Å². The van der Waals surface area contributed by atoms with Gasteiger partial charge < -0.3 is 15.5 Å². The van der Waals surface area contributed by atoms with E-state index in [2.05, 4.69) is 20.6 Å². The summed E-state index contributed by atoms with van der Waals surface area (Å²) in [5.74, 6) is 0.167. The lowest BCUT2D eigenvalue weighted by Crippen LogP contribution is -2.37. The van der Waals surface area contributed by atoms with Gasteiger partial charge in [0, 0.05) is 20.6 Å². The van der Waals surface area contributed by atoms with Crippen LogP contribution in [0, 0.1) is 10.1 Å². The summed E-state index contributed by atoms with van der Waals surface area (Å²) in [7, 11) is 3.13. The van der Waals surface area contributed by atoms with Gasteiger partial charge in [0.1, 0.15) is 6.20 Å². The number of anilines is 2. The van der Waals surface area contributed by atoms with Gasteiger partial charge in [-0.15, -0.1) is 0 Å². The standard InChI is InChI=1S/C11H18N6O3/c1-4-5-16(7-9(18)12-2)10-8(17(19)20)6-14-11(13-3)15-10/h6H,4-5,7H2,1-3H3,(H,12,18)(H,13,14,15). The highest BCUT2D eigenvalue weighted by molar-refractivity contribution is 5.81. The lowest BCUT2D eigenvalue weighted by atomic mass is 10.3. The molecule has 1 amide bonds. The van der Waals surface area contributed by atoms with Crippen molar-refractivity contribution in [2.24, 2.45) is 0 Å². The number of carbonyl (C=O) groups excluding carboxylic acids is 1. The van der Waals surface area contributed by atoms with Crippen LogP contribution in [0.4, 0.5) is 17.5 Å². The quantitative estimate of drug-likeness (QED) is 0.549. The molecule has 9 nitrogen and oxygen atoms in total. The highest BCUT2D eigenvalue weighted by Gasteiger charge is 2.23. The number of aromatic nitrogens is 2. The molecule has 0 saturated heterocycles. The van der Waals surface area contributed by atoms with Gasteiger partial charge in [-0.05, 0) is 6.42 Å². The summed E-state index contributed by atoms with van der Waals surface area (Å²) >= 11 is 0. The minimum atomic E-state index is -0.554. The lowest BCUT2D eigenvalue weighted by molar-refractivity contribution is -0.384. The van der Waals surface area contributed by atoms with Gasteiger partial charge in [0.2, 0.25) is 17.7 Å². The first kappa shape index (κ1) is 15.6. The molecule has 0 aliphatic carbocycles. The molecular formula is C11H18N6O3. The zero-order valence-corrected chi connectivity index (χ0v) is 11.7. The molecule has 0 aromatic carbocycles. The molecule has 2 N–H and O–H groups in total. The van der Waals surface area contributed by atoms with E-state index in [-0.39, 0.29) is 29.9 Å². The van der Waals surface area contributed by atoms with Gasteiger partial charge in [-0.1, -0.05) is 6.92 Å². The van der Waals surface area contributed by atoms with Crippen molar-refractivity contribution < 1.29 is 9.72 Å². The normalized spacial score (nSPS) is 9.95. The molecule has 0 fully saturated rings. The van der Waals surface area contributed by atoms with E-state index in [0.29, 0.717) is 6.54 Å². The van der Waals surface area contributed by atoms with E-state index < -0.39 is 4.92 Å². The van der Waals surface area contributed by atoms with Crippen molar-refractivity contribution in [3.63, 3.8) is 0 Å². The Morgan fingerprint density at radius 3 is 2.70 bits per heavy atom. The smallest absolute Gasteiger partial charge is 0.329 e. The Hall–Kier alpha value is -2.45. The van der Waals surface area contributed by atoms with E-state index in [0.717, 1.165) is 12.6 Å². The van der Waals surface area contributed by atoms with Crippen LogP contribution < -0.4 is 15.5 Å². The van der Waals surface area contributed by atoms with Crippen LogP contribution in [0.15, 0.2) is 6.20 Å². The number of carbonyl (C=O) groups is 1. The van der Waals surface area contributed by atoms with Crippen molar-refractivity contribution in [3.8, 4) is 0 Å². The lowest BCUT2D eigenvalue weighted by Gasteiger charge is -2.22. The number of likely N-dealkylation sites (N-methyl/N-ethyl adjacent to an activating group) is 1. The second-order valence-electron chi connectivity index (χ2n) is 4.00. The maximum Gasteiger partial charge on any atom is 0.329 e. The fraction of sp³-hybridized carbons (Fsp3) is 0.545. The highest BCUT2D eigenvalue weighted by Crippen LogP contribution is 2.26. The molecule has 110 valence electrons. The molecule has 1 heterocycles. The number of amides is 1. The zero-order valence-electron chi connectivity index (χ0n) is 11.7. The summed E-state index contributed by atoms with van der Waals surface area (Å²) in [5, 5.41) is 16.3. The van der Waals surface area contributed by atoms with E-state index >= 15 is 0 Å². The number of nitrogens with zero attached hydrogens (tertiary/aromatic N) is 4. The summed E-state index contributed by atoms with van der Waals surface area (Å²) < 4.78 is 0. The Bertz CT molecular complexity index is 493. The number of nitrogens with one attached hydrogen (secondary N) is 2. The number of hydrogen-bond donors (Lipinski definition) is 2. The predicted molar refractivity (Wildman–Crippen MR) is 74.8 cm³/mol. The number of rotatable bonds is 7. The molecule has 0 unspecified atom stereocenters. The largest absolute Gasteiger partial charge is 0.358 e. The van der Waals surface area contributed by atoms with Crippen LogP contribution in [0.25, 0.3) is 0 Å². The topological polar surface area (TPSA) is 113 Å². The Kier molecular flexibility index (Phi) is 5.63. The van der Waals surface area contributed by atoms with Gasteiger partial charge in [0.05, 0.1) is 11.5 Å². The van der Waals surface area contributed by atoms with Crippen molar-refractivity contribution >= 4 is 23.4 Å². The van der Waals surface area contributed by atoms with E-state index in [4.69, 9.17) is 0 Å². The Labute approximate surface area is 116 Å². The number of nitro groups is 1. The van der Waals surface area contributed by atoms with E-state index in [1.807, 2.05) is 6.92 Å².